The van der Waals surface area contributed by atoms with Gasteiger partial charge in [0.2, 0.25) is 0 Å². The molecule has 2 aliphatic heterocycles. The second-order valence-electron chi connectivity index (χ2n) is 7.74. The maximum absolute atomic E-state index is 5.90. The van der Waals surface area contributed by atoms with E-state index >= 15 is 0 Å². The Labute approximate surface area is 183 Å². The predicted molar refractivity (Wildman–Crippen MR) is 126 cm³/mol. The number of ether oxygens (including phenoxy) is 1. The number of aromatic nitrogens is 3. The molecule has 0 radical (unpaired) electrons. The summed E-state index contributed by atoms with van der Waals surface area (Å²) in [5, 5.41) is 0. The number of hydrogen-bond donors (Lipinski definition) is 1. The van der Waals surface area contributed by atoms with Gasteiger partial charge in [0.05, 0.1) is 24.4 Å². The molecule has 2 aliphatic rings. The highest BCUT2D eigenvalue weighted by atomic mass is 32.1. The third-order valence-electron chi connectivity index (χ3n) is 5.90. The Hall–Kier alpha value is -2.42. The summed E-state index contributed by atoms with van der Waals surface area (Å²) in [6.07, 6.45) is 4.57. The lowest BCUT2D eigenvalue weighted by molar-refractivity contribution is 0.122. The van der Waals surface area contributed by atoms with Crippen LogP contribution in [0.3, 0.4) is 0 Å². The molecule has 2 N–H and O–H groups in total. The van der Waals surface area contributed by atoms with Crippen molar-refractivity contribution in [1.82, 2.24) is 15.0 Å². The van der Waals surface area contributed by atoms with Crippen LogP contribution in [-0.4, -0.2) is 60.9 Å². The third kappa shape index (κ3) is 4.08. The number of fused-ring (bicyclic) bond motifs is 1. The normalized spacial score (nSPS) is 19.2. The van der Waals surface area contributed by atoms with E-state index in [2.05, 4.69) is 44.0 Å². The number of anilines is 2. The molecule has 7 nitrogen and oxygen atoms in total. The summed E-state index contributed by atoms with van der Waals surface area (Å²) in [6, 6.07) is 10.7. The van der Waals surface area contributed by atoms with Crippen LogP contribution in [-0.2, 0) is 4.74 Å². The van der Waals surface area contributed by atoms with Crippen molar-refractivity contribution in [2.24, 2.45) is 11.7 Å². The number of morpholine rings is 1. The molecule has 2 aromatic heterocycles. The Balaban J connectivity index is 0.00000218. The molecule has 30 heavy (non-hydrogen) atoms. The van der Waals surface area contributed by atoms with E-state index in [0.717, 1.165) is 73.9 Å². The van der Waals surface area contributed by atoms with E-state index in [1.54, 1.807) is 12.4 Å². The maximum atomic E-state index is 5.90. The largest absolute Gasteiger partial charge is 0.378 e. The molecule has 0 saturated carbocycles. The highest BCUT2D eigenvalue weighted by Crippen LogP contribution is 2.31. The number of benzene rings is 1. The highest BCUT2D eigenvalue weighted by molar-refractivity contribution is 7.59. The SMILES string of the molecule is NC[C@@H]1CCN(c2nc(-c3ccc(N4CCOCC4)cc3)cc3nccnc23)C1.S. The van der Waals surface area contributed by atoms with Crippen molar-refractivity contribution >= 4 is 36.0 Å². The van der Waals surface area contributed by atoms with E-state index in [0.29, 0.717) is 12.5 Å². The molecular formula is C22H28N6OS. The van der Waals surface area contributed by atoms with Crippen LogP contribution < -0.4 is 15.5 Å². The zero-order chi connectivity index (χ0) is 19.6. The number of nitrogens with zero attached hydrogens (tertiary/aromatic N) is 5. The van der Waals surface area contributed by atoms with Crippen molar-refractivity contribution in [3.8, 4) is 11.3 Å². The molecule has 5 rings (SSSR count). The van der Waals surface area contributed by atoms with Gasteiger partial charge in [0, 0.05) is 49.8 Å². The van der Waals surface area contributed by atoms with E-state index in [1.165, 1.54) is 5.69 Å². The predicted octanol–water partition coefficient (Wildman–Crippen LogP) is 2.43. The Morgan fingerprint density at radius 1 is 1.00 bits per heavy atom. The van der Waals surface area contributed by atoms with Gasteiger partial charge in [-0.1, -0.05) is 12.1 Å². The van der Waals surface area contributed by atoms with Gasteiger partial charge in [-0.15, -0.1) is 0 Å². The quantitative estimate of drug-likeness (QED) is 0.689. The van der Waals surface area contributed by atoms with Crippen LogP contribution in [0.1, 0.15) is 6.42 Å². The molecule has 2 saturated heterocycles. The molecule has 0 bridgehead atoms. The lowest BCUT2D eigenvalue weighted by Crippen LogP contribution is -2.36. The van der Waals surface area contributed by atoms with Crippen molar-refractivity contribution in [3.63, 3.8) is 0 Å². The minimum absolute atomic E-state index is 0. The van der Waals surface area contributed by atoms with Crippen LogP contribution in [0, 0.1) is 5.92 Å². The highest BCUT2D eigenvalue weighted by Gasteiger charge is 2.25. The van der Waals surface area contributed by atoms with Crippen LogP contribution in [0.15, 0.2) is 42.7 Å². The molecular weight excluding hydrogens is 396 g/mol. The summed E-state index contributed by atoms with van der Waals surface area (Å²) in [4.78, 5) is 18.8. The molecule has 0 amide bonds. The first kappa shape index (κ1) is 20.8. The average molecular weight is 425 g/mol. The summed E-state index contributed by atoms with van der Waals surface area (Å²) < 4.78 is 5.46. The molecule has 0 aliphatic carbocycles. The van der Waals surface area contributed by atoms with E-state index in [1.807, 2.05) is 6.07 Å². The van der Waals surface area contributed by atoms with Crippen LogP contribution in [0.2, 0.25) is 0 Å². The molecule has 3 aromatic rings. The summed E-state index contributed by atoms with van der Waals surface area (Å²) in [7, 11) is 0. The Kier molecular flexibility index (Phi) is 6.36. The topological polar surface area (TPSA) is 80.4 Å². The first-order chi connectivity index (χ1) is 14.3. The van der Waals surface area contributed by atoms with Crippen LogP contribution >= 0.6 is 13.5 Å². The number of nitrogens with two attached hydrogens (primary N) is 1. The molecule has 4 heterocycles. The van der Waals surface area contributed by atoms with Crippen LogP contribution in [0.5, 0.6) is 0 Å². The van der Waals surface area contributed by atoms with E-state index in [4.69, 9.17) is 15.5 Å². The average Bonchev–Trinajstić information content (AvgIpc) is 3.28. The van der Waals surface area contributed by atoms with Gasteiger partial charge in [0.1, 0.15) is 5.52 Å². The molecule has 1 atom stereocenters. The zero-order valence-corrected chi connectivity index (χ0v) is 18.0. The van der Waals surface area contributed by atoms with Gasteiger partial charge in [-0.25, -0.2) is 9.97 Å². The van der Waals surface area contributed by atoms with Gasteiger partial charge in [-0.05, 0) is 37.1 Å². The number of pyridine rings is 1. The summed E-state index contributed by atoms with van der Waals surface area (Å²) in [5.41, 5.74) is 10.9. The van der Waals surface area contributed by atoms with Crippen molar-refractivity contribution in [3.05, 3.63) is 42.7 Å². The van der Waals surface area contributed by atoms with Crippen molar-refractivity contribution < 1.29 is 4.74 Å². The van der Waals surface area contributed by atoms with Crippen molar-refractivity contribution in [2.45, 2.75) is 6.42 Å². The van der Waals surface area contributed by atoms with Gasteiger partial charge >= 0.3 is 0 Å². The smallest absolute Gasteiger partial charge is 0.157 e. The Morgan fingerprint density at radius 2 is 1.77 bits per heavy atom. The Bertz CT molecular complexity index is 993. The van der Waals surface area contributed by atoms with Crippen LogP contribution in [0.25, 0.3) is 22.3 Å². The molecule has 158 valence electrons. The Morgan fingerprint density at radius 3 is 2.50 bits per heavy atom. The van der Waals surface area contributed by atoms with Gasteiger partial charge in [-0.2, -0.15) is 13.5 Å². The van der Waals surface area contributed by atoms with Gasteiger partial charge < -0.3 is 20.3 Å². The lowest BCUT2D eigenvalue weighted by atomic mass is 10.1. The second-order valence-corrected chi connectivity index (χ2v) is 7.74. The number of rotatable bonds is 4. The second kappa shape index (κ2) is 9.16. The summed E-state index contributed by atoms with van der Waals surface area (Å²) >= 11 is 0. The fraction of sp³-hybridized carbons (Fsp3) is 0.409. The fourth-order valence-electron chi connectivity index (χ4n) is 4.21. The monoisotopic (exact) mass is 424 g/mol. The minimum atomic E-state index is 0. The van der Waals surface area contributed by atoms with Crippen LogP contribution in [0.4, 0.5) is 11.5 Å². The first-order valence-corrected chi connectivity index (χ1v) is 10.3. The maximum Gasteiger partial charge on any atom is 0.157 e. The van der Waals surface area contributed by atoms with E-state index in [-0.39, 0.29) is 13.5 Å². The first-order valence-electron chi connectivity index (χ1n) is 10.3. The fourth-order valence-corrected chi connectivity index (χ4v) is 4.21. The molecule has 1 aromatic carbocycles. The van der Waals surface area contributed by atoms with Crippen molar-refractivity contribution in [1.29, 1.82) is 0 Å². The lowest BCUT2D eigenvalue weighted by Gasteiger charge is -2.29. The van der Waals surface area contributed by atoms with Crippen molar-refractivity contribution in [2.75, 3.05) is 55.7 Å². The molecule has 2 fully saturated rings. The summed E-state index contributed by atoms with van der Waals surface area (Å²) in [5.74, 6) is 1.43. The summed E-state index contributed by atoms with van der Waals surface area (Å²) in [6.45, 7) is 6.04. The number of hydrogen-bond acceptors (Lipinski definition) is 7. The van der Waals surface area contributed by atoms with Gasteiger partial charge in [-0.3, -0.25) is 4.98 Å². The molecule has 0 unspecified atom stereocenters. The van der Waals surface area contributed by atoms with Gasteiger partial charge in [0.15, 0.2) is 5.82 Å². The van der Waals surface area contributed by atoms with Gasteiger partial charge in [0.25, 0.3) is 0 Å². The standard InChI is InChI=1S/C22H26N6O.H2S/c23-14-16-5-8-28(15-16)22-21-20(24-6-7-25-21)13-19(26-22)17-1-3-18(4-2-17)27-9-11-29-12-10-27;/h1-4,6-7,13,16H,5,8-12,14-15,23H2;1H2/t16-;/m0./s1. The molecule has 8 heteroatoms. The third-order valence-corrected chi connectivity index (χ3v) is 5.90. The van der Waals surface area contributed by atoms with E-state index < -0.39 is 0 Å². The molecule has 0 spiro atoms. The minimum Gasteiger partial charge on any atom is -0.378 e. The van der Waals surface area contributed by atoms with E-state index in [9.17, 15) is 0 Å². The zero-order valence-electron chi connectivity index (χ0n) is 17.0.